The van der Waals surface area contributed by atoms with E-state index >= 15 is 0 Å². The second-order valence-electron chi connectivity index (χ2n) is 9.39. The quantitative estimate of drug-likeness (QED) is 0.514. The van der Waals surface area contributed by atoms with Crippen molar-refractivity contribution in [2.45, 2.75) is 56.7 Å². The third-order valence-corrected chi connectivity index (χ3v) is 6.61. The Bertz CT molecular complexity index is 1110. The van der Waals surface area contributed by atoms with Crippen LogP contribution in [0, 0.1) is 0 Å². The average Bonchev–Trinajstić information content (AvgIpc) is 3.31. The predicted molar refractivity (Wildman–Crippen MR) is 131 cm³/mol. The molecule has 0 spiro atoms. The lowest BCUT2D eigenvalue weighted by molar-refractivity contribution is 0.0782. The molecule has 0 unspecified atom stereocenters. The molecule has 2 aromatic rings. The van der Waals surface area contributed by atoms with Gasteiger partial charge in [0.1, 0.15) is 10.6 Å². The van der Waals surface area contributed by atoms with Crippen LogP contribution in [0.1, 0.15) is 39.2 Å². The summed E-state index contributed by atoms with van der Waals surface area (Å²) in [7, 11) is -1.19. The van der Waals surface area contributed by atoms with E-state index in [2.05, 4.69) is 5.32 Å². The lowest BCUT2D eigenvalue weighted by atomic mass is 10.1. The second kappa shape index (κ2) is 11.2. The molecule has 0 radical (unpaired) electrons. The smallest absolute Gasteiger partial charge is 0.339 e. The normalized spacial score (nSPS) is 16.0. The number of carbonyl (C=O) groups excluding carboxylic acids is 1. The van der Waals surface area contributed by atoms with Crippen LogP contribution in [0.25, 0.3) is 0 Å². The zero-order chi connectivity index (χ0) is 25.6. The van der Waals surface area contributed by atoms with Gasteiger partial charge in [0.2, 0.25) is 0 Å². The summed E-state index contributed by atoms with van der Waals surface area (Å²) in [5, 5.41) is 2.99. The Labute approximate surface area is 207 Å². The maximum atomic E-state index is 13.0. The molecule has 2 aromatic carbocycles. The molecule has 1 saturated heterocycles. The monoisotopic (exact) mass is 506 g/mol. The topological polar surface area (TPSA) is 103 Å². The van der Waals surface area contributed by atoms with Gasteiger partial charge in [-0.25, -0.2) is 4.79 Å². The van der Waals surface area contributed by atoms with Crippen molar-refractivity contribution in [2.75, 3.05) is 27.4 Å². The van der Waals surface area contributed by atoms with E-state index in [9.17, 15) is 13.2 Å². The summed E-state index contributed by atoms with van der Waals surface area (Å²) in [6.07, 6.45) is 1.81. The van der Waals surface area contributed by atoms with Gasteiger partial charge < -0.3 is 28.6 Å². The summed E-state index contributed by atoms with van der Waals surface area (Å²) < 4.78 is 47.4. The first-order valence-corrected chi connectivity index (χ1v) is 12.9. The highest BCUT2D eigenvalue weighted by molar-refractivity contribution is 7.87. The van der Waals surface area contributed by atoms with Crippen LogP contribution in [0.4, 0.5) is 4.79 Å². The highest BCUT2D eigenvalue weighted by Gasteiger charge is 2.26. The summed E-state index contributed by atoms with van der Waals surface area (Å²) in [4.78, 5) is 14.7. The zero-order valence-corrected chi connectivity index (χ0v) is 21.7. The molecule has 0 aromatic heterocycles. The Hall–Kier alpha value is -2.98. The largest absolute Gasteiger partial charge is 0.497 e. The number of carbonyl (C=O) groups is 1. The number of urea groups is 1. The molecule has 1 fully saturated rings. The van der Waals surface area contributed by atoms with Crippen molar-refractivity contribution in [3.05, 3.63) is 48.0 Å². The van der Waals surface area contributed by atoms with Crippen molar-refractivity contribution < 1.29 is 31.6 Å². The highest BCUT2D eigenvalue weighted by atomic mass is 32.2. The van der Waals surface area contributed by atoms with E-state index in [-0.39, 0.29) is 35.1 Å². The van der Waals surface area contributed by atoms with Crippen LogP contribution in [-0.4, -0.2) is 58.4 Å². The van der Waals surface area contributed by atoms with Crippen molar-refractivity contribution in [1.29, 1.82) is 0 Å². The van der Waals surface area contributed by atoms with Crippen molar-refractivity contribution in [3.63, 3.8) is 0 Å². The number of hydrogen-bond acceptors (Lipinski definition) is 7. The van der Waals surface area contributed by atoms with Crippen LogP contribution in [0.2, 0.25) is 0 Å². The standard InChI is InChI=1S/C25H34N2O7S/c1-25(2,3)26-24(28)27(17-20-7-6-14-33-20)16-18-8-13-22(32-5)23(15-18)34-35(29,30)21-11-9-19(31-4)10-12-21/h8-13,15,20H,6-7,14,16-17H2,1-5H3,(H,26,28)/t20-/m0/s1. The number of methoxy groups -OCH3 is 2. The molecule has 1 aliphatic rings. The van der Waals surface area contributed by atoms with Gasteiger partial charge in [0.25, 0.3) is 0 Å². The van der Waals surface area contributed by atoms with Gasteiger partial charge in [-0.05, 0) is 75.6 Å². The van der Waals surface area contributed by atoms with Gasteiger partial charge in [0.05, 0.1) is 20.3 Å². The van der Waals surface area contributed by atoms with E-state index in [0.29, 0.717) is 24.5 Å². The SMILES string of the molecule is COc1ccc(S(=O)(=O)Oc2cc(CN(C[C@@H]3CCCO3)C(=O)NC(C)(C)C)ccc2OC)cc1. The second-order valence-corrected chi connectivity index (χ2v) is 10.9. The lowest BCUT2D eigenvalue weighted by Gasteiger charge is -2.30. The van der Waals surface area contributed by atoms with Gasteiger partial charge in [0, 0.05) is 25.2 Å². The highest BCUT2D eigenvalue weighted by Crippen LogP contribution is 2.32. The molecule has 9 nitrogen and oxygen atoms in total. The Morgan fingerprint density at radius 1 is 1.09 bits per heavy atom. The number of nitrogens with zero attached hydrogens (tertiary/aromatic N) is 1. The van der Waals surface area contributed by atoms with Crippen LogP contribution in [0.3, 0.4) is 0 Å². The number of benzene rings is 2. The fraction of sp³-hybridized carbons (Fsp3) is 0.480. The number of amides is 2. The van der Waals surface area contributed by atoms with Crippen molar-refractivity contribution in [3.8, 4) is 17.2 Å². The van der Waals surface area contributed by atoms with Crippen molar-refractivity contribution in [2.24, 2.45) is 0 Å². The summed E-state index contributed by atoms with van der Waals surface area (Å²) in [6, 6.07) is 10.7. The van der Waals surface area contributed by atoms with Gasteiger partial charge >= 0.3 is 16.1 Å². The molecule has 0 bridgehead atoms. The van der Waals surface area contributed by atoms with Crippen molar-refractivity contribution >= 4 is 16.1 Å². The first-order chi connectivity index (χ1) is 16.5. The van der Waals surface area contributed by atoms with Crippen LogP contribution in [0.5, 0.6) is 17.2 Å². The number of hydrogen-bond donors (Lipinski definition) is 1. The Kier molecular flexibility index (Phi) is 8.50. The van der Waals surface area contributed by atoms with E-state index in [1.165, 1.54) is 26.4 Å². The Morgan fingerprint density at radius 2 is 1.80 bits per heavy atom. The summed E-state index contributed by atoms with van der Waals surface area (Å²) in [6.45, 7) is 7.09. The molecule has 35 heavy (non-hydrogen) atoms. The molecule has 3 rings (SSSR count). The third kappa shape index (κ3) is 7.50. The molecular formula is C25H34N2O7S. The van der Waals surface area contributed by atoms with E-state index in [0.717, 1.165) is 12.8 Å². The molecule has 1 heterocycles. The maximum Gasteiger partial charge on any atom is 0.339 e. The molecule has 10 heteroatoms. The first kappa shape index (κ1) is 26.6. The first-order valence-electron chi connectivity index (χ1n) is 11.4. The number of rotatable bonds is 9. The molecule has 0 saturated carbocycles. The van der Waals surface area contributed by atoms with Crippen LogP contribution in [-0.2, 0) is 21.4 Å². The Balaban J connectivity index is 1.84. The molecule has 192 valence electrons. The van der Waals surface area contributed by atoms with Gasteiger partial charge in [-0.3, -0.25) is 0 Å². The van der Waals surface area contributed by atoms with Crippen LogP contribution in [0.15, 0.2) is 47.4 Å². The molecule has 1 aliphatic heterocycles. The molecule has 1 atom stereocenters. The molecule has 1 N–H and O–H groups in total. The Morgan fingerprint density at radius 3 is 2.37 bits per heavy atom. The zero-order valence-electron chi connectivity index (χ0n) is 20.9. The van der Waals surface area contributed by atoms with Gasteiger partial charge in [-0.1, -0.05) is 6.07 Å². The van der Waals surface area contributed by atoms with Crippen LogP contribution < -0.4 is 19.0 Å². The van der Waals surface area contributed by atoms with E-state index in [1.54, 1.807) is 35.2 Å². The molecular weight excluding hydrogens is 472 g/mol. The fourth-order valence-corrected chi connectivity index (χ4v) is 4.60. The van der Waals surface area contributed by atoms with Gasteiger partial charge in [-0.15, -0.1) is 0 Å². The third-order valence-electron chi connectivity index (χ3n) is 5.37. The predicted octanol–water partition coefficient (Wildman–Crippen LogP) is 3.96. The molecule has 2 amide bonds. The van der Waals surface area contributed by atoms with E-state index in [1.807, 2.05) is 20.8 Å². The van der Waals surface area contributed by atoms with Crippen molar-refractivity contribution in [1.82, 2.24) is 10.2 Å². The van der Waals surface area contributed by atoms with Crippen LogP contribution >= 0.6 is 0 Å². The fourth-order valence-electron chi connectivity index (χ4n) is 3.67. The summed E-state index contributed by atoms with van der Waals surface area (Å²) in [5.74, 6) is 0.827. The average molecular weight is 507 g/mol. The van der Waals surface area contributed by atoms with E-state index in [4.69, 9.17) is 18.4 Å². The summed E-state index contributed by atoms with van der Waals surface area (Å²) in [5.41, 5.74) is 0.278. The minimum atomic E-state index is -4.12. The maximum absolute atomic E-state index is 13.0. The minimum absolute atomic E-state index is 0.0182. The van der Waals surface area contributed by atoms with E-state index < -0.39 is 15.7 Å². The lowest BCUT2D eigenvalue weighted by Crippen LogP contribution is -2.50. The summed E-state index contributed by atoms with van der Waals surface area (Å²) >= 11 is 0. The van der Waals surface area contributed by atoms with Gasteiger partial charge in [0.15, 0.2) is 11.5 Å². The minimum Gasteiger partial charge on any atom is -0.497 e. The number of nitrogens with one attached hydrogen (secondary N) is 1. The number of ether oxygens (including phenoxy) is 3. The van der Waals surface area contributed by atoms with Gasteiger partial charge in [-0.2, -0.15) is 8.42 Å². The molecule has 0 aliphatic carbocycles.